The zero-order chi connectivity index (χ0) is 10.2. The molecule has 0 saturated carbocycles. The molecule has 1 unspecified atom stereocenters. The average molecular weight is 198 g/mol. The lowest BCUT2D eigenvalue weighted by Crippen LogP contribution is -2.37. The zero-order valence-corrected chi connectivity index (χ0v) is 9.89. The van der Waals surface area contributed by atoms with Gasteiger partial charge in [-0.15, -0.1) is 0 Å². The van der Waals surface area contributed by atoms with Crippen LogP contribution in [0.3, 0.4) is 0 Å². The highest BCUT2D eigenvalue weighted by atomic mass is 15.1. The van der Waals surface area contributed by atoms with E-state index in [4.69, 9.17) is 0 Å². The second kappa shape index (κ2) is 7.24. The largest absolute Gasteiger partial charge is 0.317 e. The van der Waals surface area contributed by atoms with Gasteiger partial charge < -0.3 is 10.2 Å². The van der Waals surface area contributed by atoms with E-state index in [1.54, 1.807) is 0 Å². The van der Waals surface area contributed by atoms with Gasteiger partial charge in [0.15, 0.2) is 0 Å². The van der Waals surface area contributed by atoms with E-state index in [0.29, 0.717) is 0 Å². The fourth-order valence-electron chi connectivity index (χ4n) is 2.24. The third-order valence-electron chi connectivity index (χ3n) is 3.24. The lowest BCUT2D eigenvalue weighted by molar-refractivity contribution is 0.164. The van der Waals surface area contributed by atoms with E-state index in [-0.39, 0.29) is 0 Å². The number of nitrogens with zero attached hydrogens (tertiary/aromatic N) is 1. The molecule has 0 spiro atoms. The maximum absolute atomic E-state index is 3.39. The molecule has 84 valence electrons. The Bertz CT molecular complexity index is 130. The van der Waals surface area contributed by atoms with Crippen LogP contribution in [0.1, 0.15) is 46.0 Å². The zero-order valence-electron chi connectivity index (χ0n) is 9.89. The van der Waals surface area contributed by atoms with Crippen LogP contribution < -0.4 is 5.32 Å². The third-order valence-corrected chi connectivity index (χ3v) is 3.24. The summed E-state index contributed by atoms with van der Waals surface area (Å²) in [6.45, 7) is 9.53. The standard InChI is InChI=1S/C12H26N2/c1-3-13-9-7-8-12(2)14-10-5-4-6-11-14/h12-13H,3-11H2,1-2H3. The van der Waals surface area contributed by atoms with E-state index in [9.17, 15) is 0 Å². The summed E-state index contributed by atoms with van der Waals surface area (Å²) < 4.78 is 0. The Morgan fingerprint density at radius 1 is 1.21 bits per heavy atom. The van der Waals surface area contributed by atoms with Gasteiger partial charge in [0.25, 0.3) is 0 Å². The molecule has 1 fully saturated rings. The van der Waals surface area contributed by atoms with Crippen LogP contribution in [0.25, 0.3) is 0 Å². The molecule has 1 saturated heterocycles. The van der Waals surface area contributed by atoms with Crippen molar-refractivity contribution in [3.05, 3.63) is 0 Å². The Balaban J connectivity index is 2.04. The van der Waals surface area contributed by atoms with E-state index in [1.165, 1.54) is 51.7 Å². The van der Waals surface area contributed by atoms with Crippen LogP contribution in [0.5, 0.6) is 0 Å². The van der Waals surface area contributed by atoms with Gasteiger partial charge in [-0.3, -0.25) is 0 Å². The lowest BCUT2D eigenvalue weighted by Gasteiger charge is -2.32. The normalized spacial score (nSPS) is 21.0. The van der Waals surface area contributed by atoms with E-state index in [1.807, 2.05) is 0 Å². The van der Waals surface area contributed by atoms with Crippen molar-refractivity contribution in [1.29, 1.82) is 0 Å². The van der Waals surface area contributed by atoms with E-state index >= 15 is 0 Å². The minimum Gasteiger partial charge on any atom is -0.317 e. The number of hydrogen-bond donors (Lipinski definition) is 1. The molecule has 1 aliphatic heterocycles. The number of nitrogens with one attached hydrogen (secondary N) is 1. The highest BCUT2D eigenvalue weighted by molar-refractivity contribution is 4.71. The van der Waals surface area contributed by atoms with Crippen molar-refractivity contribution < 1.29 is 0 Å². The van der Waals surface area contributed by atoms with Gasteiger partial charge in [0.2, 0.25) is 0 Å². The van der Waals surface area contributed by atoms with Gasteiger partial charge in [-0.1, -0.05) is 13.3 Å². The molecule has 0 aromatic carbocycles. The van der Waals surface area contributed by atoms with Crippen molar-refractivity contribution in [2.75, 3.05) is 26.2 Å². The molecule has 1 aliphatic rings. The molecule has 2 heteroatoms. The Labute approximate surface area is 89.1 Å². The number of rotatable bonds is 6. The van der Waals surface area contributed by atoms with Gasteiger partial charge >= 0.3 is 0 Å². The first kappa shape index (κ1) is 12.0. The Morgan fingerprint density at radius 2 is 1.93 bits per heavy atom. The van der Waals surface area contributed by atoms with Crippen molar-refractivity contribution >= 4 is 0 Å². The van der Waals surface area contributed by atoms with E-state index < -0.39 is 0 Å². The van der Waals surface area contributed by atoms with Crippen LogP contribution in [0.4, 0.5) is 0 Å². The summed E-state index contributed by atoms with van der Waals surface area (Å²) in [4.78, 5) is 2.66. The third kappa shape index (κ3) is 4.43. The minimum atomic E-state index is 0.800. The molecule has 0 radical (unpaired) electrons. The fourth-order valence-corrected chi connectivity index (χ4v) is 2.24. The molecule has 2 nitrogen and oxygen atoms in total. The quantitative estimate of drug-likeness (QED) is 0.659. The molecule has 0 aromatic heterocycles. The van der Waals surface area contributed by atoms with Crippen LogP contribution in [-0.2, 0) is 0 Å². The van der Waals surface area contributed by atoms with Gasteiger partial charge in [-0.25, -0.2) is 0 Å². The number of hydrogen-bond acceptors (Lipinski definition) is 2. The SMILES string of the molecule is CCNCCCC(C)N1CCCCC1. The van der Waals surface area contributed by atoms with Crippen LogP contribution in [0, 0.1) is 0 Å². The highest BCUT2D eigenvalue weighted by Gasteiger charge is 2.15. The lowest BCUT2D eigenvalue weighted by atomic mass is 10.1. The molecule has 1 N–H and O–H groups in total. The molecule has 14 heavy (non-hydrogen) atoms. The van der Waals surface area contributed by atoms with Crippen LogP contribution >= 0.6 is 0 Å². The first-order valence-electron chi connectivity index (χ1n) is 6.29. The van der Waals surface area contributed by atoms with Crippen LogP contribution in [0.15, 0.2) is 0 Å². The van der Waals surface area contributed by atoms with Crippen molar-refractivity contribution in [2.45, 2.75) is 52.0 Å². The molecule has 0 aliphatic carbocycles. The van der Waals surface area contributed by atoms with E-state index in [0.717, 1.165) is 12.6 Å². The highest BCUT2D eigenvalue weighted by Crippen LogP contribution is 2.14. The monoisotopic (exact) mass is 198 g/mol. The van der Waals surface area contributed by atoms with E-state index in [2.05, 4.69) is 24.1 Å². The van der Waals surface area contributed by atoms with Gasteiger partial charge in [-0.05, 0) is 58.8 Å². The Kier molecular flexibility index (Phi) is 6.20. The van der Waals surface area contributed by atoms with Gasteiger partial charge in [0, 0.05) is 6.04 Å². The maximum Gasteiger partial charge on any atom is 0.00674 e. The first-order valence-corrected chi connectivity index (χ1v) is 6.29. The summed E-state index contributed by atoms with van der Waals surface area (Å²) in [5.41, 5.74) is 0. The predicted octanol–water partition coefficient (Wildman–Crippen LogP) is 2.25. The molecule has 0 aromatic rings. The fraction of sp³-hybridized carbons (Fsp3) is 1.00. The molecule has 0 amide bonds. The summed E-state index contributed by atoms with van der Waals surface area (Å²) >= 11 is 0. The summed E-state index contributed by atoms with van der Waals surface area (Å²) in [5, 5.41) is 3.39. The second-order valence-corrected chi connectivity index (χ2v) is 4.44. The van der Waals surface area contributed by atoms with Gasteiger partial charge in [0.1, 0.15) is 0 Å². The Morgan fingerprint density at radius 3 is 2.57 bits per heavy atom. The average Bonchev–Trinajstić information content (AvgIpc) is 2.25. The van der Waals surface area contributed by atoms with Crippen molar-refractivity contribution in [2.24, 2.45) is 0 Å². The van der Waals surface area contributed by atoms with Crippen molar-refractivity contribution in [3.63, 3.8) is 0 Å². The summed E-state index contributed by atoms with van der Waals surface area (Å²) in [6.07, 6.45) is 6.95. The summed E-state index contributed by atoms with van der Waals surface area (Å²) in [5.74, 6) is 0. The topological polar surface area (TPSA) is 15.3 Å². The number of piperidine rings is 1. The summed E-state index contributed by atoms with van der Waals surface area (Å²) in [7, 11) is 0. The predicted molar refractivity (Wildman–Crippen MR) is 62.7 cm³/mol. The minimum absolute atomic E-state index is 0.800. The van der Waals surface area contributed by atoms with Gasteiger partial charge in [-0.2, -0.15) is 0 Å². The molecule has 0 bridgehead atoms. The van der Waals surface area contributed by atoms with Crippen LogP contribution in [-0.4, -0.2) is 37.1 Å². The molecule has 1 heterocycles. The molecule has 1 rings (SSSR count). The van der Waals surface area contributed by atoms with Crippen LogP contribution in [0.2, 0.25) is 0 Å². The maximum atomic E-state index is 3.39. The first-order chi connectivity index (χ1) is 6.84. The molecule has 1 atom stereocenters. The molecular weight excluding hydrogens is 172 g/mol. The Hall–Kier alpha value is -0.0800. The van der Waals surface area contributed by atoms with Gasteiger partial charge in [0.05, 0.1) is 0 Å². The second-order valence-electron chi connectivity index (χ2n) is 4.44. The van der Waals surface area contributed by atoms with Crippen molar-refractivity contribution in [1.82, 2.24) is 10.2 Å². The smallest absolute Gasteiger partial charge is 0.00674 e. The molecular formula is C12H26N2. The number of likely N-dealkylation sites (tertiary alicyclic amines) is 1. The summed E-state index contributed by atoms with van der Waals surface area (Å²) in [6, 6.07) is 0.800. The van der Waals surface area contributed by atoms with Crippen molar-refractivity contribution in [3.8, 4) is 0 Å².